The summed E-state index contributed by atoms with van der Waals surface area (Å²) in [5, 5.41) is 9.70. The lowest BCUT2D eigenvalue weighted by Crippen LogP contribution is -2.43. The van der Waals surface area contributed by atoms with Crippen LogP contribution in [0.1, 0.15) is 37.7 Å². The van der Waals surface area contributed by atoms with Gasteiger partial charge in [-0.2, -0.15) is 0 Å². The average Bonchev–Trinajstić information content (AvgIpc) is 3.27. The molecule has 1 saturated heterocycles. The summed E-state index contributed by atoms with van der Waals surface area (Å²) >= 11 is 0. The molecular formula is C17H21F2NO2. The third kappa shape index (κ3) is 3.00. The smallest absolute Gasteiger partial charge is 0.226 e. The predicted octanol–water partition coefficient (Wildman–Crippen LogP) is 2.69. The summed E-state index contributed by atoms with van der Waals surface area (Å²) in [5.74, 6) is -1.34. The number of benzene rings is 1. The van der Waals surface area contributed by atoms with Crippen molar-refractivity contribution in [3.8, 4) is 0 Å². The lowest BCUT2D eigenvalue weighted by molar-refractivity contribution is -0.135. The Morgan fingerprint density at radius 1 is 1.41 bits per heavy atom. The van der Waals surface area contributed by atoms with Crippen molar-refractivity contribution in [2.75, 3.05) is 13.1 Å². The summed E-state index contributed by atoms with van der Waals surface area (Å²) in [6.07, 6.45) is 2.03. The Labute approximate surface area is 128 Å². The van der Waals surface area contributed by atoms with E-state index >= 15 is 0 Å². The van der Waals surface area contributed by atoms with Crippen molar-refractivity contribution in [3.63, 3.8) is 0 Å². The van der Waals surface area contributed by atoms with Gasteiger partial charge in [0.15, 0.2) is 0 Å². The molecule has 1 aromatic carbocycles. The molecule has 1 amide bonds. The molecule has 2 aliphatic rings. The molecule has 1 aromatic rings. The molecule has 120 valence electrons. The van der Waals surface area contributed by atoms with Gasteiger partial charge in [-0.3, -0.25) is 4.79 Å². The second kappa shape index (κ2) is 5.95. The molecule has 1 heterocycles. The van der Waals surface area contributed by atoms with Crippen LogP contribution in [-0.4, -0.2) is 35.1 Å². The summed E-state index contributed by atoms with van der Waals surface area (Å²) in [5.41, 5.74) is 0.434. The average molecular weight is 309 g/mol. The number of nitrogens with zero attached hydrogens (tertiary/aromatic N) is 1. The van der Waals surface area contributed by atoms with E-state index in [-0.39, 0.29) is 23.7 Å². The van der Waals surface area contributed by atoms with Crippen LogP contribution in [0, 0.1) is 23.5 Å². The van der Waals surface area contributed by atoms with Crippen molar-refractivity contribution in [1.29, 1.82) is 0 Å². The zero-order valence-corrected chi connectivity index (χ0v) is 12.6. The monoisotopic (exact) mass is 309 g/mol. The molecule has 1 aliphatic heterocycles. The molecule has 0 radical (unpaired) electrons. The van der Waals surface area contributed by atoms with E-state index < -0.39 is 17.7 Å². The van der Waals surface area contributed by atoms with Crippen LogP contribution in [0.25, 0.3) is 0 Å². The largest absolute Gasteiger partial charge is 0.393 e. The lowest BCUT2D eigenvalue weighted by atomic mass is 9.93. The maximum absolute atomic E-state index is 13.8. The fourth-order valence-corrected chi connectivity index (χ4v) is 3.45. The van der Waals surface area contributed by atoms with Gasteiger partial charge < -0.3 is 10.0 Å². The number of aliphatic hydroxyl groups is 1. The van der Waals surface area contributed by atoms with Gasteiger partial charge in [0.1, 0.15) is 11.6 Å². The number of hydrogen-bond donors (Lipinski definition) is 1. The number of piperidine rings is 1. The zero-order chi connectivity index (χ0) is 15.9. The number of rotatable bonds is 3. The van der Waals surface area contributed by atoms with E-state index in [9.17, 15) is 18.7 Å². The van der Waals surface area contributed by atoms with Crippen LogP contribution in [0.15, 0.2) is 18.2 Å². The first-order chi connectivity index (χ1) is 10.5. The molecule has 22 heavy (non-hydrogen) atoms. The molecule has 1 N–H and O–H groups in total. The highest BCUT2D eigenvalue weighted by Crippen LogP contribution is 2.49. The number of halogens is 2. The molecule has 5 heteroatoms. The maximum atomic E-state index is 13.8. The van der Waals surface area contributed by atoms with Crippen LogP contribution in [0.5, 0.6) is 0 Å². The molecule has 3 rings (SSSR count). The van der Waals surface area contributed by atoms with Crippen LogP contribution < -0.4 is 0 Å². The fourth-order valence-electron chi connectivity index (χ4n) is 3.45. The number of likely N-dealkylation sites (tertiary alicyclic amines) is 1. The van der Waals surface area contributed by atoms with Crippen molar-refractivity contribution >= 4 is 5.91 Å². The molecule has 2 fully saturated rings. The Bertz CT molecular complexity index is 576. The summed E-state index contributed by atoms with van der Waals surface area (Å²) in [4.78, 5) is 14.3. The van der Waals surface area contributed by atoms with Gasteiger partial charge in [-0.15, -0.1) is 0 Å². The van der Waals surface area contributed by atoms with Crippen molar-refractivity contribution in [3.05, 3.63) is 35.4 Å². The van der Waals surface area contributed by atoms with E-state index in [1.807, 2.05) is 0 Å². The van der Waals surface area contributed by atoms with E-state index in [0.717, 1.165) is 18.9 Å². The van der Waals surface area contributed by atoms with Crippen molar-refractivity contribution in [1.82, 2.24) is 4.90 Å². The highest BCUT2D eigenvalue weighted by molar-refractivity contribution is 5.83. The van der Waals surface area contributed by atoms with Gasteiger partial charge in [-0.1, -0.05) is 6.07 Å². The Hall–Kier alpha value is -1.49. The second-order valence-corrected chi connectivity index (χ2v) is 6.54. The molecular weight excluding hydrogens is 288 g/mol. The molecule has 0 bridgehead atoms. The first-order valence-electron chi connectivity index (χ1n) is 7.89. The van der Waals surface area contributed by atoms with E-state index in [1.165, 1.54) is 12.1 Å². The van der Waals surface area contributed by atoms with Crippen LogP contribution >= 0.6 is 0 Å². The summed E-state index contributed by atoms with van der Waals surface area (Å²) < 4.78 is 26.7. The van der Waals surface area contributed by atoms with Crippen LogP contribution in [0.4, 0.5) is 8.78 Å². The minimum atomic E-state index is -0.597. The van der Waals surface area contributed by atoms with E-state index in [4.69, 9.17) is 0 Å². The SMILES string of the molecule is CC(O)C1CCCN(C(=O)C2CC2c2ccc(F)cc2F)C1. The quantitative estimate of drug-likeness (QED) is 0.932. The molecule has 4 atom stereocenters. The third-order valence-corrected chi connectivity index (χ3v) is 4.92. The molecule has 0 spiro atoms. The van der Waals surface area contributed by atoms with Crippen molar-refractivity contribution < 1.29 is 18.7 Å². The maximum Gasteiger partial charge on any atom is 0.226 e. The minimum Gasteiger partial charge on any atom is -0.393 e. The topological polar surface area (TPSA) is 40.5 Å². The zero-order valence-electron chi connectivity index (χ0n) is 12.6. The van der Waals surface area contributed by atoms with Gasteiger partial charge in [0, 0.05) is 31.0 Å². The Morgan fingerprint density at radius 3 is 2.86 bits per heavy atom. The van der Waals surface area contributed by atoms with Gasteiger partial charge >= 0.3 is 0 Å². The number of amides is 1. The molecule has 4 unspecified atom stereocenters. The normalized spacial score (nSPS) is 29.3. The van der Waals surface area contributed by atoms with Gasteiger partial charge in [0.05, 0.1) is 6.10 Å². The molecule has 3 nitrogen and oxygen atoms in total. The van der Waals surface area contributed by atoms with Gasteiger partial charge in [-0.25, -0.2) is 8.78 Å². The van der Waals surface area contributed by atoms with Crippen LogP contribution in [-0.2, 0) is 4.79 Å². The number of hydrogen-bond acceptors (Lipinski definition) is 2. The predicted molar refractivity (Wildman–Crippen MR) is 78.2 cm³/mol. The Morgan fingerprint density at radius 2 is 2.18 bits per heavy atom. The number of carbonyl (C=O) groups is 1. The summed E-state index contributed by atoms with van der Waals surface area (Å²) in [6.45, 7) is 3.04. The van der Waals surface area contributed by atoms with E-state index in [2.05, 4.69) is 0 Å². The van der Waals surface area contributed by atoms with E-state index in [1.54, 1.807) is 11.8 Å². The second-order valence-electron chi connectivity index (χ2n) is 6.54. The number of carbonyl (C=O) groups excluding carboxylic acids is 1. The van der Waals surface area contributed by atoms with Gasteiger partial charge in [-0.05, 0) is 43.7 Å². The molecule has 1 aliphatic carbocycles. The van der Waals surface area contributed by atoms with Gasteiger partial charge in [0.25, 0.3) is 0 Å². The van der Waals surface area contributed by atoms with E-state index in [0.29, 0.717) is 25.1 Å². The van der Waals surface area contributed by atoms with Crippen LogP contribution in [0.2, 0.25) is 0 Å². The molecule has 1 saturated carbocycles. The van der Waals surface area contributed by atoms with Gasteiger partial charge in [0.2, 0.25) is 5.91 Å². The highest BCUT2D eigenvalue weighted by atomic mass is 19.1. The van der Waals surface area contributed by atoms with Crippen molar-refractivity contribution in [2.45, 2.75) is 38.2 Å². The fraction of sp³-hybridized carbons (Fsp3) is 0.588. The lowest BCUT2D eigenvalue weighted by Gasteiger charge is -2.34. The standard InChI is InChI=1S/C17H21F2NO2/c1-10(21)11-3-2-6-20(9-11)17(22)15-8-14(15)13-5-4-12(18)7-16(13)19/h4-5,7,10-11,14-15,21H,2-3,6,8-9H2,1H3. The molecule has 0 aromatic heterocycles. The Balaban J connectivity index is 1.65. The third-order valence-electron chi connectivity index (χ3n) is 4.92. The van der Waals surface area contributed by atoms with Crippen molar-refractivity contribution in [2.24, 2.45) is 11.8 Å². The Kier molecular flexibility index (Phi) is 4.17. The summed E-state index contributed by atoms with van der Waals surface area (Å²) in [7, 11) is 0. The first-order valence-corrected chi connectivity index (χ1v) is 7.89. The first kappa shape index (κ1) is 15.4. The minimum absolute atomic E-state index is 0.0408. The highest BCUT2D eigenvalue weighted by Gasteiger charge is 2.47. The van der Waals surface area contributed by atoms with Crippen LogP contribution in [0.3, 0.4) is 0 Å². The summed E-state index contributed by atoms with van der Waals surface area (Å²) in [6, 6.07) is 3.56. The number of aliphatic hydroxyl groups excluding tert-OH is 1.